The van der Waals surface area contributed by atoms with E-state index < -0.39 is 0 Å². The van der Waals surface area contributed by atoms with E-state index in [1.54, 1.807) is 0 Å². The zero-order valence-corrected chi connectivity index (χ0v) is 14.7. The lowest BCUT2D eigenvalue weighted by Gasteiger charge is -2.46. The molecule has 1 aliphatic heterocycles. The van der Waals surface area contributed by atoms with E-state index in [4.69, 9.17) is 4.74 Å². The Labute approximate surface area is 131 Å². The molecule has 3 heteroatoms. The van der Waals surface area contributed by atoms with E-state index in [9.17, 15) is 0 Å². The van der Waals surface area contributed by atoms with Crippen LogP contribution in [-0.2, 0) is 4.74 Å². The molecule has 1 N–H and O–H groups in total. The van der Waals surface area contributed by atoms with Crippen molar-refractivity contribution >= 4 is 0 Å². The van der Waals surface area contributed by atoms with Gasteiger partial charge in [-0.15, -0.1) is 0 Å². The van der Waals surface area contributed by atoms with Crippen molar-refractivity contribution in [2.75, 3.05) is 32.8 Å². The standard InChI is InChI=1S/C18H36N2O/c1-15(2)10-19-13-18(8-6-5-7-9-18)14-20-11-17(4)21-12-16(20)3/h15-17,19H,5-14H2,1-4H3. The minimum atomic E-state index is 0.394. The summed E-state index contributed by atoms with van der Waals surface area (Å²) in [4.78, 5) is 2.69. The fraction of sp³-hybridized carbons (Fsp3) is 1.00. The van der Waals surface area contributed by atoms with Crippen LogP contribution in [-0.4, -0.2) is 49.8 Å². The highest BCUT2D eigenvalue weighted by Gasteiger charge is 2.36. The highest BCUT2D eigenvalue weighted by molar-refractivity contribution is 4.90. The highest BCUT2D eigenvalue weighted by Crippen LogP contribution is 2.37. The molecule has 2 aliphatic rings. The summed E-state index contributed by atoms with van der Waals surface area (Å²) in [6, 6.07) is 0.574. The fourth-order valence-corrected chi connectivity index (χ4v) is 3.94. The molecule has 2 unspecified atom stereocenters. The maximum atomic E-state index is 5.80. The van der Waals surface area contributed by atoms with Gasteiger partial charge >= 0.3 is 0 Å². The van der Waals surface area contributed by atoms with E-state index >= 15 is 0 Å². The van der Waals surface area contributed by atoms with Crippen molar-refractivity contribution in [1.29, 1.82) is 0 Å². The lowest BCUT2D eigenvalue weighted by atomic mass is 9.73. The maximum absolute atomic E-state index is 5.80. The Bertz CT molecular complexity index is 300. The fourth-order valence-electron chi connectivity index (χ4n) is 3.94. The van der Waals surface area contributed by atoms with Crippen LogP contribution in [0, 0.1) is 11.3 Å². The van der Waals surface area contributed by atoms with Crippen molar-refractivity contribution in [2.24, 2.45) is 11.3 Å². The van der Waals surface area contributed by atoms with Gasteiger partial charge in [0.25, 0.3) is 0 Å². The number of rotatable bonds is 6. The van der Waals surface area contributed by atoms with Gasteiger partial charge in [-0.25, -0.2) is 0 Å². The van der Waals surface area contributed by atoms with Crippen molar-refractivity contribution in [1.82, 2.24) is 10.2 Å². The molecule has 0 bridgehead atoms. The van der Waals surface area contributed by atoms with Crippen LogP contribution in [0.4, 0.5) is 0 Å². The van der Waals surface area contributed by atoms with Crippen LogP contribution < -0.4 is 5.32 Å². The molecule has 1 saturated carbocycles. The van der Waals surface area contributed by atoms with Crippen LogP contribution in [0.25, 0.3) is 0 Å². The summed E-state index contributed by atoms with van der Waals surface area (Å²) in [5.41, 5.74) is 0.498. The molecule has 0 radical (unpaired) electrons. The largest absolute Gasteiger partial charge is 0.376 e. The Hall–Kier alpha value is -0.120. The van der Waals surface area contributed by atoms with Gasteiger partial charge in [0.2, 0.25) is 0 Å². The molecule has 1 saturated heterocycles. The number of ether oxygens (including phenoxy) is 1. The molecule has 0 aromatic rings. The number of nitrogens with one attached hydrogen (secondary N) is 1. The van der Waals surface area contributed by atoms with E-state index in [1.807, 2.05) is 0 Å². The summed E-state index contributed by atoms with van der Waals surface area (Å²) in [5.74, 6) is 0.743. The number of hydrogen-bond donors (Lipinski definition) is 1. The first-order valence-electron chi connectivity index (χ1n) is 9.07. The van der Waals surface area contributed by atoms with E-state index in [1.165, 1.54) is 45.2 Å². The van der Waals surface area contributed by atoms with Crippen molar-refractivity contribution in [3.05, 3.63) is 0 Å². The predicted octanol–water partition coefficient (Wildman–Crippen LogP) is 3.29. The minimum Gasteiger partial charge on any atom is -0.376 e. The Morgan fingerprint density at radius 1 is 1.19 bits per heavy atom. The van der Waals surface area contributed by atoms with Gasteiger partial charge in [0.05, 0.1) is 12.7 Å². The molecule has 21 heavy (non-hydrogen) atoms. The van der Waals surface area contributed by atoms with Crippen LogP contribution in [0.2, 0.25) is 0 Å². The van der Waals surface area contributed by atoms with E-state index in [2.05, 4.69) is 37.9 Å². The van der Waals surface area contributed by atoms with E-state index in [0.717, 1.165) is 25.6 Å². The average molecular weight is 296 g/mol. The van der Waals surface area contributed by atoms with Crippen LogP contribution >= 0.6 is 0 Å². The lowest BCUT2D eigenvalue weighted by Crippen LogP contribution is -2.54. The van der Waals surface area contributed by atoms with Crippen LogP contribution in [0.1, 0.15) is 59.8 Å². The third-order valence-corrected chi connectivity index (χ3v) is 5.24. The molecular weight excluding hydrogens is 260 g/mol. The predicted molar refractivity (Wildman–Crippen MR) is 89.7 cm³/mol. The third-order valence-electron chi connectivity index (χ3n) is 5.24. The molecule has 1 heterocycles. The Morgan fingerprint density at radius 2 is 1.90 bits per heavy atom. The van der Waals surface area contributed by atoms with Gasteiger partial charge in [0.15, 0.2) is 0 Å². The molecule has 2 rings (SSSR count). The number of nitrogens with zero attached hydrogens (tertiary/aromatic N) is 1. The maximum Gasteiger partial charge on any atom is 0.0674 e. The summed E-state index contributed by atoms with van der Waals surface area (Å²) >= 11 is 0. The molecule has 0 aromatic heterocycles. The highest BCUT2D eigenvalue weighted by atomic mass is 16.5. The molecule has 124 valence electrons. The Kier molecular flexibility index (Phi) is 6.51. The molecular formula is C18H36N2O. The lowest BCUT2D eigenvalue weighted by molar-refractivity contribution is -0.0669. The summed E-state index contributed by atoms with van der Waals surface area (Å²) in [6.07, 6.45) is 7.45. The Morgan fingerprint density at radius 3 is 2.57 bits per heavy atom. The topological polar surface area (TPSA) is 24.5 Å². The van der Waals surface area contributed by atoms with Crippen LogP contribution in [0.15, 0.2) is 0 Å². The zero-order valence-electron chi connectivity index (χ0n) is 14.7. The monoisotopic (exact) mass is 296 g/mol. The molecule has 0 amide bonds. The summed E-state index contributed by atoms with van der Waals surface area (Å²) in [7, 11) is 0. The van der Waals surface area contributed by atoms with E-state index in [-0.39, 0.29) is 0 Å². The molecule has 0 spiro atoms. The van der Waals surface area contributed by atoms with Crippen molar-refractivity contribution in [2.45, 2.75) is 71.9 Å². The normalized spacial score (nSPS) is 30.7. The van der Waals surface area contributed by atoms with E-state index in [0.29, 0.717) is 17.6 Å². The molecule has 0 aromatic carbocycles. The molecule has 2 atom stereocenters. The van der Waals surface area contributed by atoms with Crippen molar-refractivity contribution < 1.29 is 4.74 Å². The van der Waals surface area contributed by atoms with Crippen molar-refractivity contribution in [3.63, 3.8) is 0 Å². The quantitative estimate of drug-likeness (QED) is 0.814. The molecule has 3 nitrogen and oxygen atoms in total. The van der Waals surface area contributed by atoms with Gasteiger partial charge in [-0.3, -0.25) is 4.90 Å². The average Bonchev–Trinajstić information content (AvgIpc) is 2.43. The zero-order chi connectivity index (χ0) is 15.3. The summed E-state index contributed by atoms with van der Waals surface area (Å²) < 4.78 is 5.80. The Balaban J connectivity index is 1.94. The first kappa shape index (κ1) is 17.2. The second-order valence-electron chi connectivity index (χ2n) is 8.01. The van der Waals surface area contributed by atoms with Gasteiger partial charge in [0.1, 0.15) is 0 Å². The SMILES string of the molecule is CC(C)CNCC1(CN2CC(C)OCC2C)CCCCC1. The summed E-state index contributed by atoms with van der Waals surface area (Å²) in [5, 5.41) is 3.75. The first-order chi connectivity index (χ1) is 10.0. The van der Waals surface area contributed by atoms with Gasteiger partial charge < -0.3 is 10.1 Å². The number of hydrogen-bond acceptors (Lipinski definition) is 3. The smallest absolute Gasteiger partial charge is 0.0674 e. The summed E-state index contributed by atoms with van der Waals surface area (Å²) in [6.45, 7) is 14.7. The van der Waals surface area contributed by atoms with Crippen molar-refractivity contribution in [3.8, 4) is 0 Å². The van der Waals surface area contributed by atoms with Gasteiger partial charge in [-0.05, 0) is 44.6 Å². The van der Waals surface area contributed by atoms with Crippen LogP contribution in [0.3, 0.4) is 0 Å². The second kappa shape index (κ2) is 7.94. The molecule has 2 fully saturated rings. The second-order valence-corrected chi connectivity index (χ2v) is 8.01. The molecule has 1 aliphatic carbocycles. The number of morpholine rings is 1. The van der Waals surface area contributed by atoms with Crippen LogP contribution in [0.5, 0.6) is 0 Å². The minimum absolute atomic E-state index is 0.394. The van der Waals surface area contributed by atoms with Gasteiger partial charge in [-0.2, -0.15) is 0 Å². The first-order valence-corrected chi connectivity index (χ1v) is 9.07. The van der Waals surface area contributed by atoms with Gasteiger partial charge in [-0.1, -0.05) is 33.1 Å². The van der Waals surface area contributed by atoms with Gasteiger partial charge in [0, 0.05) is 25.7 Å². The third kappa shape index (κ3) is 5.22.